The van der Waals surface area contributed by atoms with Crippen LogP contribution in [0.2, 0.25) is 0 Å². The predicted octanol–water partition coefficient (Wildman–Crippen LogP) is 1.83. The number of benzene rings is 1. The van der Waals surface area contributed by atoms with Gasteiger partial charge in [-0.15, -0.1) is 11.3 Å². The van der Waals surface area contributed by atoms with E-state index in [2.05, 4.69) is 15.3 Å². The fourth-order valence-electron chi connectivity index (χ4n) is 3.99. The zero-order valence-corrected chi connectivity index (χ0v) is 18.8. The van der Waals surface area contributed by atoms with Gasteiger partial charge in [-0.1, -0.05) is 30.3 Å². The number of carbonyl (C=O) groups excluding carboxylic acids is 2. The Morgan fingerprint density at radius 2 is 1.88 bits per heavy atom. The smallest absolute Gasteiger partial charge is 0.255 e. The molecular formula is C24H26N4O4S. The van der Waals surface area contributed by atoms with Crippen molar-refractivity contribution in [2.45, 2.75) is 44.1 Å². The highest BCUT2D eigenvalue weighted by Gasteiger charge is 2.38. The average molecular weight is 467 g/mol. The van der Waals surface area contributed by atoms with Crippen LogP contribution in [0.4, 0.5) is 0 Å². The van der Waals surface area contributed by atoms with E-state index in [9.17, 15) is 19.8 Å². The summed E-state index contributed by atoms with van der Waals surface area (Å²) in [5.41, 5.74) is 2.92. The third kappa shape index (κ3) is 5.62. The standard InChI is InChI=1S/C24H26N4O4S/c29-21(22(30)24(32)28-12-4-7-19(28)17-5-2-1-3-6-17)23(31)26-14-20-27-18(15-33-20)13-16-8-10-25-11-9-16/h1-3,5-6,8-11,15,19,21-22,29-30H,4,7,12-14H2,(H,26,31)/t19?,21-,22-/m1/s1. The van der Waals surface area contributed by atoms with Crippen LogP contribution in [0.5, 0.6) is 0 Å². The lowest BCUT2D eigenvalue weighted by molar-refractivity contribution is -0.153. The molecule has 0 spiro atoms. The van der Waals surface area contributed by atoms with Crippen molar-refractivity contribution < 1.29 is 19.8 Å². The molecule has 2 amide bonds. The summed E-state index contributed by atoms with van der Waals surface area (Å²) < 4.78 is 0. The predicted molar refractivity (Wildman–Crippen MR) is 123 cm³/mol. The molecule has 8 nitrogen and oxygen atoms in total. The monoisotopic (exact) mass is 466 g/mol. The number of thiazole rings is 1. The van der Waals surface area contributed by atoms with Crippen LogP contribution in [0.25, 0.3) is 0 Å². The number of aromatic nitrogens is 2. The first-order valence-electron chi connectivity index (χ1n) is 10.8. The number of pyridine rings is 1. The molecule has 4 rings (SSSR count). The van der Waals surface area contributed by atoms with E-state index < -0.39 is 24.0 Å². The average Bonchev–Trinajstić information content (AvgIpc) is 3.52. The van der Waals surface area contributed by atoms with Gasteiger partial charge in [-0.2, -0.15) is 0 Å². The summed E-state index contributed by atoms with van der Waals surface area (Å²) >= 11 is 1.39. The molecule has 3 aromatic rings. The molecule has 9 heteroatoms. The lowest BCUT2D eigenvalue weighted by Gasteiger charge is -2.28. The van der Waals surface area contributed by atoms with Gasteiger partial charge >= 0.3 is 0 Å². The Hall–Kier alpha value is -3.14. The Bertz CT molecular complexity index is 1080. The highest BCUT2D eigenvalue weighted by molar-refractivity contribution is 7.09. The van der Waals surface area contributed by atoms with Crippen LogP contribution in [-0.4, -0.2) is 55.6 Å². The fraction of sp³-hybridized carbons (Fsp3) is 0.333. The summed E-state index contributed by atoms with van der Waals surface area (Å²) in [6.45, 7) is 0.581. The first-order chi connectivity index (χ1) is 16.0. The Labute approximate surface area is 195 Å². The molecule has 3 heterocycles. The summed E-state index contributed by atoms with van der Waals surface area (Å²) in [5.74, 6) is -1.45. The second-order valence-corrected chi connectivity index (χ2v) is 8.92. The van der Waals surface area contributed by atoms with Crippen molar-refractivity contribution in [3.8, 4) is 0 Å². The number of nitrogens with zero attached hydrogens (tertiary/aromatic N) is 3. The van der Waals surface area contributed by atoms with Crippen molar-refractivity contribution in [2.24, 2.45) is 0 Å². The molecule has 0 bridgehead atoms. The van der Waals surface area contributed by atoms with E-state index in [0.717, 1.165) is 29.7 Å². The molecule has 0 radical (unpaired) electrons. The molecule has 2 aromatic heterocycles. The zero-order valence-electron chi connectivity index (χ0n) is 18.0. The Balaban J connectivity index is 1.31. The molecule has 3 N–H and O–H groups in total. The van der Waals surface area contributed by atoms with Gasteiger partial charge in [0.2, 0.25) is 0 Å². The summed E-state index contributed by atoms with van der Waals surface area (Å²) in [6.07, 6.45) is 1.99. The van der Waals surface area contributed by atoms with Crippen LogP contribution in [0, 0.1) is 0 Å². The van der Waals surface area contributed by atoms with Crippen LogP contribution in [-0.2, 0) is 22.6 Å². The van der Waals surface area contributed by atoms with Gasteiger partial charge in [-0.25, -0.2) is 4.98 Å². The maximum atomic E-state index is 12.8. The fourth-order valence-corrected chi connectivity index (χ4v) is 4.72. The summed E-state index contributed by atoms with van der Waals surface area (Å²) in [6, 6.07) is 13.2. The molecule has 1 unspecified atom stereocenters. The van der Waals surface area contributed by atoms with Crippen LogP contribution in [0.3, 0.4) is 0 Å². The van der Waals surface area contributed by atoms with Crippen LogP contribution in [0.15, 0.2) is 60.2 Å². The van der Waals surface area contributed by atoms with Gasteiger partial charge in [-0.05, 0) is 36.1 Å². The molecule has 0 saturated carbocycles. The summed E-state index contributed by atoms with van der Waals surface area (Å²) in [4.78, 5) is 35.3. The number of hydrogen-bond donors (Lipinski definition) is 3. The molecule has 1 aliphatic rings. The molecule has 1 fully saturated rings. The summed E-state index contributed by atoms with van der Waals surface area (Å²) in [5, 5.41) is 25.9. The minimum atomic E-state index is -1.86. The molecule has 1 aliphatic heterocycles. The van der Waals surface area contributed by atoms with E-state index in [1.165, 1.54) is 11.3 Å². The van der Waals surface area contributed by atoms with Crippen LogP contribution < -0.4 is 5.32 Å². The van der Waals surface area contributed by atoms with E-state index >= 15 is 0 Å². The summed E-state index contributed by atoms with van der Waals surface area (Å²) in [7, 11) is 0. The highest BCUT2D eigenvalue weighted by Crippen LogP contribution is 2.32. The molecule has 0 aliphatic carbocycles. The van der Waals surface area contributed by atoms with E-state index in [1.807, 2.05) is 47.8 Å². The molecule has 1 saturated heterocycles. The van der Waals surface area contributed by atoms with Crippen molar-refractivity contribution in [2.75, 3.05) is 6.54 Å². The van der Waals surface area contributed by atoms with Crippen LogP contribution in [0.1, 0.15) is 40.7 Å². The number of rotatable bonds is 8. The SMILES string of the molecule is O=C(NCc1nc(Cc2ccncc2)cs1)[C@H](O)[C@@H](O)C(=O)N1CCCC1c1ccccc1. The maximum absolute atomic E-state index is 12.8. The molecule has 33 heavy (non-hydrogen) atoms. The van der Waals surface area contributed by atoms with Crippen molar-refractivity contribution in [3.63, 3.8) is 0 Å². The minimum Gasteiger partial charge on any atom is -0.380 e. The first kappa shape index (κ1) is 23.0. The van der Waals surface area contributed by atoms with Gasteiger partial charge in [0.25, 0.3) is 11.8 Å². The molecule has 1 aromatic carbocycles. The Morgan fingerprint density at radius 3 is 2.64 bits per heavy atom. The number of aliphatic hydroxyl groups is 2. The number of hydrogen-bond acceptors (Lipinski definition) is 7. The van der Waals surface area contributed by atoms with Gasteiger partial charge in [0, 0.05) is 30.7 Å². The second-order valence-electron chi connectivity index (χ2n) is 7.97. The maximum Gasteiger partial charge on any atom is 0.255 e. The number of nitrogens with one attached hydrogen (secondary N) is 1. The zero-order chi connectivity index (χ0) is 23.2. The lowest BCUT2D eigenvalue weighted by atomic mass is 10.0. The normalized spacial score (nSPS) is 17.5. The number of likely N-dealkylation sites (tertiary alicyclic amines) is 1. The topological polar surface area (TPSA) is 116 Å². The number of carbonyl (C=O) groups is 2. The number of aliphatic hydroxyl groups excluding tert-OH is 2. The molecule has 3 atom stereocenters. The van der Waals surface area contributed by atoms with E-state index in [1.54, 1.807) is 17.3 Å². The van der Waals surface area contributed by atoms with E-state index in [4.69, 9.17) is 0 Å². The van der Waals surface area contributed by atoms with Gasteiger partial charge in [0.1, 0.15) is 5.01 Å². The Kier molecular flexibility index (Phi) is 7.43. The first-order valence-corrected chi connectivity index (χ1v) is 11.7. The van der Waals surface area contributed by atoms with Gasteiger partial charge < -0.3 is 20.4 Å². The van der Waals surface area contributed by atoms with Crippen molar-refractivity contribution in [3.05, 3.63) is 82.1 Å². The van der Waals surface area contributed by atoms with E-state index in [-0.39, 0.29) is 12.6 Å². The third-order valence-electron chi connectivity index (χ3n) is 5.69. The molecule has 172 valence electrons. The van der Waals surface area contributed by atoms with Gasteiger partial charge in [0.15, 0.2) is 12.2 Å². The largest absolute Gasteiger partial charge is 0.380 e. The van der Waals surface area contributed by atoms with Gasteiger partial charge in [-0.3, -0.25) is 14.6 Å². The highest BCUT2D eigenvalue weighted by atomic mass is 32.1. The van der Waals surface area contributed by atoms with Crippen molar-refractivity contribution in [1.82, 2.24) is 20.2 Å². The molecular weight excluding hydrogens is 440 g/mol. The van der Waals surface area contributed by atoms with Gasteiger partial charge in [0.05, 0.1) is 18.3 Å². The quantitative estimate of drug-likeness (QED) is 0.467. The van der Waals surface area contributed by atoms with Crippen molar-refractivity contribution in [1.29, 1.82) is 0 Å². The van der Waals surface area contributed by atoms with Crippen LogP contribution >= 0.6 is 11.3 Å². The third-order valence-corrected chi connectivity index (χ3v) is 6.59. The van der Waals surface area contributed by atoms with E-state index in [0.29, 0.717) is 18.0 Å². The van der Waals surface area contributed by atoms with Crippen molar-refractivity contribution >= 4 is 23.2 Å². The number of amides is 2. The lowest BCUT2D eigenvalue weighted by Crippen LogP contribution is -2.50. The second kappa shape index (κ2) is 10.7. The Morgan fingerprint density at radius 1 is 1.12 bits per heavy atom. The minimum absolute atomic E-state index is 0.105.